The van der Waals surface area contributed by atoms with Crippen LogP contribution in [0.4, 0.5) is 0 Å². The maximum absolute atomic E-state index is 5.23. The molecule has 0 fully saturated rings. The zero-order valence-electron chi connectivity index (χ0n) is 23.7. The maximum Gasteiger partial charge on any atom is 0.235 e. The molecule has 9 aromatic rings. The van der Waals surface area contributed by atoms with Crippen LogP contribution in [0, 0.1) is 0 Å². The number of rotatable bonds is 4. The van der Waals surface area contributed by atoms with E-state index in [1.54, 1.807) is 0 Å². The van der Waals surface area contributed by atoms with E-state index in [-0.39, 0.29) is 0 Å². The molecule has 5 heteroatoms. The van der Waals surface area contributed by atoms with Crippen LogP contribution in [-0.2, 0) is 0 Å². The normalized spacial score (nSPS) is 11.6. The first-order valence-corrected chi connectivity index (χ1v) is 14.7. The van der Waals surface area contributed by atoms with Crippen LogP contribution < -0.4 is 0 Å². The molecule has 0 N–H and O–H groups in total. The lowest BCUT2D eigenvalue weighted by Gasteiger charge is -2.12. The largest absolute Gasteiger partial charge is 0.292 e. The Balaban J connectivity index is 1.42. The summed E-state index contributed by atoms with van der Waals surface area (Å²) in [7, 11) is 0. The highest BCUT2D eigenvalue weighted by atomic mass is 15.2. The van der Waals surface area contributed by atoms with Crippen LogP contribution >= 0.6 is 0 Å². The van der Waals surface area contributed by atoms with Gasteiger partial charge in [0, 0.05) is 38.9 Å². The second kappa shape index (κ2) is 9.75. The van der Waals surface area contributed by atoms with Crippen LogP contribution in [0.1, 0.15) is 0 Å². The molecule has 206 valence electrons. The van der Waals surface area contributed by atoms with Gasteiger partial charge in [0.15, 0.2) is 0 Å². The molecule has 5 aromatic carbocycles. The highest BCUT2D eigenvalue weighted by Crippen LogP contribution is 2.41. The SMILES string of the molecule is c1ccc(-c2cccc(-n3c4ccccc4c4ccc5c6ccccc6n(-c6nccc(-c7ccccc7)n6)c5c43)n2)cc1. The Labute approximate surface area is 253 Å². The van der Waals surface area contributed by atoms with E-state index in [0.29, 0.717) is 5.95 Å². The zero-order chi connectivity index (χ0) is 29.0. The number of fused-ring (bicyclic) bond motifs is 7. The van der Waals surface area contributed by atoms with E-state index in [0.717, 1.165) is 66.6 Å². The minimum atomic E-state index is 0.632. The van der Waals surface area contributed by atoms with E-state index < -0.39 is 0 Å². The Hall–Kier alpha value is -6.07. The van der Waals surface area contributed by atoms with Gasteiger partial charge in [0.1, 0.15) is 5.82 Å². The second-order valence-electron chi connectivity index (χ2n) is 10.9. The highest BCUT2D eigenvalue weighted by molar-refractivity contribution is 6.23. The molecule has 0 spiro atoms. The van der Waals surface area contributed by atoms with Crippen LogP contribution in [0.15, 0.2) is 152 Å². The monoisotopic (exact) mass is 563 g/mol. The van der Waals surface area contributed by atoms with Crippen molar-refractivity contribution in [2.24, 2.45) is 0 Å². The van der Waals surface area contributed by atoms with Crippen molar-refractivity contribution in [3.63, 3.8) is 0 Å². The minimum Gasteiger partial charge on any atom is -0.292 e. The minimum absolute atomic E-state index is 0.632. The van der Waals surface area contributed by atoms with Gasteiger partial charge in [-0.2, -0.15) is 0 Å². The summed E-state index contributed by atoms with van der Waals surface area (Å²) in [5.41, 5.74) is 8.24. The van der Waals surface area contributed by atoms with Crippen molar-refractivity contribution in [2.75, 3.05) is 0 Å². The van der Waals surface area contributed by atoms with Gasteiger partial charge in [-0.1, -0.05) is 115 Å². The van der Waals surface area contributed by atoms with Crippen molar-refractivity contribution >= 4 is 43.6 Å². The van der Waals surface area contributed by atoms with Gasteiger partial charge in [0.25, 0.3) is 0 Å². The summed E-state index contributed by atoms with van der Waals surface area (Å²) in [5, 5.41) is 4.63. The summed E-state index contributed by atoms with van der Waals surface area (Å²) in [5.74, 6) is 1.49. The fourth-order valence-corrected chi connectivity index (χ4v) is 6.49. The molecule has 0 aliphatic heterocycles. The Bertz CT molecular complexity index is 2310. The van der Waals surface area contributed by atoms with Crippen LogP contribution in [0.5, 0.6) is 0 Å². The number of hydrogen-bond acceptors (Lipinski definition) is 3. The van der Waals surface area contributed by atoms with Crippen molar-refractivity contribution in [2.45, 2.75) is 0 Å². The smallest absolute Gasteiger partial charge is 0.235 e. The summed E-state index contributed by atoms with van der Waals surface area (Å²) >= 11 is 0. The molecule has 0 saturated carbocycles. The number of pyridine rings is 1. The van der Waals surface area contributed by atoms with Gasteiger partial charge in [0.05, 0.1) is 33.5 Å². The number of benzene rings is 5. The molecule has 0 aliphatic rings. The van der Waals surface area contributed by atoms with Crippen molar-refractivity contribution in [1.82, 2.24) is 24.1 Å². The fourth-order valence-electron chi connectivity index (χ4n) is 6.49. The predicted molar refractivity (Wildman–Crippen MR) is 179 cm³/mol. The first kappa shape index (κ1) is 24.5. The number of aromatic nitrogens is 5. The lowest BCUT2D eigenvalue weighted by molar-refractivity contribution is 0.990. The Morgan fingerprint density at radius 1 is 0.386 bits per heavy atom. The second-order valence-corrected chi connectivity index (χ2v) is 10.9. The molecule has 0 atom stereocenters. The molecule has 44 heavy (non-hydrogen) atoms. The summed E-state index contributed by atoms with van der Waals surface area (Å²) in [6, 6.07) is 50.4. The van der Waals surface area contributed by atoms with E-state index in [1.165, 1.54) is 5.39 Å². The van der Waals surface area contributed by atoms with E-state index in [1.807, 2.05) is 36.5 Å². The highest BCUT2D eigenvalue weighted by Gasteiger charge is 2.22. The molecule has 0 radical (unpaired) electrons. The van der Waals surface area contributed by atoms with E-state index in [4.69, 9.17) is 15.0 Å². The summed E-state index contributed by atoms with van der Waals surface area (Å²) in [6.07, 6.45) is 1.85. The molecule has 4 heterocycles. The topological polar surface area (TPSA) is 48.5 Å². The van der Waals surface area contributed by atoms with Gasteiger partial charge in [0.2, 0.25) is 5.95 Å². The van der Waals surface area contributed by atoms with Gasteiger partial charge < -0.3 is 0 Å². The molecule has 5 nitrogen and oxygen atoms in total. The first-order chi connectivity index (χ1) is 21.8. The Kier molecular flexibility index (Phi) is 5.43. The van der Waals surface area contributed by atoms with Gasteiger partial charge in [-0.3, -0.25) is 9.13 Å². The van der Waals surface area contributed by atoms with Crippen molar-refractivity contribution in [1.29, 1.82) is 0 Å². The lowest BCUT2D eigenvalue weighted by atomic mass is 10.1. The van der Waals surface area contributed by atoms with E-state index in [9.17, 15) is 0 Å². The molecule has 9 rings (SSSR count). The summed E-state index contributed by atoms with van der Waals surface area (Å²) in [4.78, 5) is 15.2. The van der Waals surface area contributed by atoms with Crippen molar-refractivity contribution in [3.05, 3.63) is 152 Å². The number of hydrogen-bond donors (Lipinski definition) is 0. The average molecular weight is 564 g/mol. The maximum atomic E-state index is 5.23. The fraction of sp³-hybridized carbons (Fsp3) is 0. The molecule has 0 aliphatic carbocycles. The van der Waals surface area contributed by atoms with Gasteiger partial charge in [-0.05, 0) is 30.3 Å². The molecule has 0 bridgehead atoms. The van der Waals surface area contributed by atoms with E-state index in [2.05, 4.69) is 124 Å². The number of nitrogens with zero attached hydrogens (tertiary/aromatic N) is 5. The quantitative estimate of drug-likeness (QED) is 0.214. The van der Waals surface area contributed by atoms with Crippen molar-refractivity contribution < 1.29 is 0 Å². The van der Waals surface area contributed by atoms with Gasteiger partial charge in [-0.15, -0.1) is 0 Å². The molecular formula is C39H25N5. The molecule has 0 unspecified atom stereocenters. The molecule has 0 saturated heterocycles. The van der Waals surface area contributed by atoms with Gasteiger partial charge >= 0.3 is 0 Å². The molecule has 0 amide bonds. The number of para-hydroxylation sites is 2. The Morgan fingerprint density at radius 3 is 1.59 bits per heavy atom. The third-order valence-corrected chi connectivity index (χ3v) is 8.41. The predicted octanol–water partition coefficient (Wildman–Crippen LogP) is 9.40. The summed E-state index contributed by atoms with van der Waals surface area (Å²) in [6.45, 7) is 0. The van der Waals surface area contributed by atoms with Crippen LogP contribution in [0.25, 0.3) is 77.9 Å². The van der Waals surface area contributed by atoms with Gasteiger partial charge in [-0.25, -0.2) is 15.0 Å². The molecular weight excluding hydrogens is 538 g/mol. The summed E-state index contributed by atoms with van der Waals surface area (Å²) < 4.78 is 4.52. The first-order valence-electron chi connectivity index (χ1n) is 14.7. The third kappa shape index (κ3) is 3.69. The van der Waals surface area contributed by atoms with Crippen molar-refractivity contribution in [3.8, 4) is 34.3 Å². The van der Waals surface area contributed by atoms with Crippen LogP contribution in [0.2, 0.25) is 0 Å². The standard InChI is InChI=1S/C39H25N5/c1-3-12-26(13-4-1)32-18-11-21-36(41-32)43-34-19-9-7-16-28(34)30-22-23-31-29-17-8-10-20-35(29)44(38(31)37(30)43)39-40-25-24-33(42-39)27-14-5-2-6-15-27/h1-25H. The van der Waals surface area contributed by atoms with E-state index >= 15 is 0 Å². The van der Waals surface area contributed by atoms with Crippen LogP contribution in [-0.4, -0.2) is 24.1 Å². The third-order valence-electron chi connectivity index (χ3n) is 8.41. The Morgan fingerprint density at radius 2 is 0.932 bits per heavy atom. The zero-order valence-corrected chi connectivity index (χ0v) is 23.7. The molecule has 4 aromatic heterocycles. The van der Waals surface area contributed by atoms with Crippen LogP contribution in [0.3, 0.4) is 0 Å². The lowest BCUT2D eigenvalue weighted by Crippen LogP contribution is -2.04. The average Bonchev–Trinajstić information content (AvgIpc) is 3.62.